The van der Waals surface area contributed by atoms with Gasteiger partial charge in [0, 0.05) is 49.0 Å². The van der Waals surface area contributed by atoms with E-state index >= 15 is 0 Å². The number of benzene rings is 3. The minimum atomic E-state index is -0.751. The number of amides is 4. The van der Waals surface area contributed by atoms with Crippen LogP contribution in [0.15, 0.2) is 71.7 Å². The molecule has 3 aliphatic heterocycles. The Kier molecular flexibility index (Phi) is 12.1. The van der Waals surface area contributed by atoms with Gasteiger partial charge in [0.1, 0.15) is 17.9 Å². The van der Waals surface area contributed by atoms with E-state index in [0.29, 0.717) is 68.0 Å². The van der Waals surface area contributed by atoms with Gasteiger partial charge in [-0.2, -0.15) is 0 Å². The van der Waals surface area contributed by atoms with Crippen molar-refractivity contribution >= 4 is 45.7 Å². The number of likely N-dealkylation sites (tertiary alicyclic amines) is 2. The molecule has 3 aliphatic rings. The van der Waals surface area contributed by atoms with Crippen LogP contribution in [0.5, 0.6) is 0 Å². The number of pyridine rings is 1. The van der Waals surface area contributed by atoms with E-state index in [1.54, 1.807) is 22.1 Å². The van der Waals surface area contributed by atoms with Crippen LogP contribution >= 0.6 is 0 Å². The average molecular weight is 832 g/mol. The van der Waals surface area contributed by atoms with Crippen LogP contribution in [0.2, 0.25) is 0 Å². The highest BCUT2D eigenvalue weighted by atomic mass is 16.5. The maximum Gasteiger partial charge on any atom is 0.407 e. The summed E-state index contributed by atoms with van der Waals surface area (Å²) in [5, 5.41) is 8.12. The number of imidazole rings is 1. The van der Waals surface area contributed by atoms with Crippen LogP contribution in [0.1, 0.15) is 76.0 Å². The first-order valence-electron chi connectivity index (χ1n) is 21.2. The van der Waals surface area contributed by atoms with Crippen LogP contribution in [-0.2, 0) is 23.8 Å². The number of carbonyl (C=O) groups excluding carboxylic acids is 4. The molecule has 0 saturated carbocycles. The van der Waals surface area contributed by atoms with Gasteiger partial charge >= 0.3 is 12.2 Å². The number of hydrogen-bond acceptors (Lipinski definition) is 9. The fourth-order valence-corrected chi connectivity index (χ4v) is 9.22. The molecule has 0 spiro atoms. The summed E-state index contributed by atoms with van der Waals surface area (Å²) >= 11 is 0. The molecule has 3 saturated heterocycles. The number of methoxy groups -OCH3 is 2. The number of fused-ring (bicyclic) bond motifs is 2. The SMILES string of the molecule is COC(=O)NC(C(=O)N1CCCC1c1ncc(-c2ccc3cc(-c4ccc5c(=O)cc(C6CCCN6C(=O)C(NC(=O)OC)C6CCOCC6)[nH]c5c4)ccc3c2)[nH]1)C(C)C. The van der Waals surface area contributed by atoms with Crippen molar-refractivity contribution in [1.82, 2.24) is 35.4 Å². The van der Waals surface area contributed by atoms with Crippen molar-refractivity contribution in [1.29, 1.82) is 0 Å². The molecule has 4 atom stereocenters. The fourth-order valence-electron chi connectivity index (χ4n) is 9.22. The number of ether oxygens (including phenoxy) is 3. The van der Waals surface area contributed by atoms with Gasteiger partial charge in [0.05, 0.1) is 43.7 Å². The molecule has 0 radical (unpaired) electrons. The molecule has 3 fully saturated rings. The summed E-state index contributed by atoms with van der Waals surface area (Å²) in [6, 6.07) is 17.8. The van der Waals surface area contributed by atoms with Crippen molar-refractivity contribution in [2.75, 3.05) is 40.5 Å². The van der Waals surface area contributed by atoms with E-state index in [4.69, 9.17) is 19.2 Å². The number of nitrogens with zero attached hydrogens (tertiary/aromatic N) is 3. The molecule has 8 rings (SSSR count). The zero-order chi connectivity index (χ0) is 42.8. The molecule has 61 heavy (non-hydrogen) atoms. The summed E-state index contributed by atoms with van der Waals surface area (Å²) in [7, 11) is 2.57. The molecule has 0 bridgehead atoms. The first kappa shape index (κ1) is 41.5. The van der Waals surface area contributed by atoms with E-state index in [2.05, 4.69) is 50.9 Å². The molecule has 4 amide bonds. The molecule has 4 N–H and O–H groups in total. The van der Waals surface area contributed by atoms with E-state index < -0.39 is 24.3 Å². The standard InChI is InChI=1S/C46H53N7O8/c1-26(2)40(50-45(57)59-3)43(55)53-18-6-8-38(53)42-47-25-36(49-42)32-12-11-28-21-29(9-10-30(28)22-32)31-13-14-33-34(23-31)48-35(24-39(33)54)37-7-5-17-52(37)44(56)41(51-46(58)60-4)27-15-19-61-20-16-27/h9-14,21-27,37-38,40-41H,5-8,15-20H2,1-4H3,(H,47,49)(H,48,54)(H,50,57)(H,51,58). The Balaban J connectivity index is 1.01. The van der Waals surface area contributed by atoms with Crippen molar-refractivity contribution in [2.24, 2.45) is 11.8 Å². The van der Waals surface area contributed by atoms with Gasteiger partial charge in [0.15, 0.2) is 5.43 Å². The number of rotatable bonds is 10. The van der Waals surface area contributed by atoms with Gasteiger partial charge in [-0.3, -0.25) is 14.4 Å². The lowest BCUT2D eigenvalue weighted by Crippen LogP contribution is -2.53. The number of hydrogen-bond donors (Lipinski definition) is 4. The van der Waals surface area contributed by atoms with Crippen LogP contribution in [-0.4, -0.2) is 101 Å². The summed E-state index contributed by atoms with van der Waals surface area (Å²) in [6.07, 6.45) is 4.87. The maximum atomic E-state index is 14.1. The first-order valence-corrected chi connectivity index (χ1v) is 21.2. The highest BCUT2D eigenvalue weighted by Crippen LogP contribution is 2.36. The van der Waals surface area contributed by atoms with Gasteiger partial charge in [0.2, 0.25) is 11.8 Å². The van der Waals surface area contributed by atoms with Gasteiger partial charge in [0.25, 0.3) is 0 Å². The minimum Gasteiger partial charge on any atom is -0.453 e. The number of aromatic amines is 2. The van der Waals surface area contributed by atoms with Gasteiger partial charge in [-0.15, -0.1) is 0 Å². The van der Waals surface area contributed by atoms with Crippen molar-refractivity contribution in [3.63, 3.8) is 0 Å². The molecular weight excluding hydrogens is 779 g/mol. The second kappa shape index (κ2) is 17.8. The van der Waals surface area contributed by atoms with Gasteiger partial charge in [-0.05, 0) is 96.5 Å². The Hall–Kier alpha value is -6.22. The van der Waals surface area contributed by atoms with Crippen molar-refractivity contribution in [3.05, 3.63) is 88.6 Å². The second-order valence-corrected chi connectivity index (χ2v) is 16.6. The van der Waals surface area contributed by atoms with Crippen molar-refractivity contribution < 1.29 is 33.4 Å². The van der Waals surface area contributed by atoms with Crippen LogP contribution in [0, 0.1) is 11.8 Å². The number of H-pyrrole nitrogens is 2. The van der Waals surface area contributed by atoms with Crippen LogP contribution in [0.3, 0.4) is 0 Å². The molecule has 3 aromatic carbocycles. The van der Waals surface area contributed by atoms with E-state index in [1.807, 2.05) is 38.1 Å². The predicted octanol–water partition coefficient (Wildman–Crippen LogP) is 6.60. The number of nitrogens with one attached hydrogen (secondary N) is 4. The van der Waals surface area contributed by atoms with Crippen molar-refractivity contribution in [2.45, 2.75) is 76.5 Å². The molecule has 0 aliphatic carbocycles. The highest BCUT2D eigenvalue weighted by Gasteiger charge is 2.40. The second-order valence-electron chi connectivity index (χ2n) is 16.6. The largest absolute Gasteiger partial charge is 0.453 e. The molecule has 15 nitrogen and oxygen atoms in total. The fraction of sp³-hybridized carbons (Fsp3) is 0.435. The van der Waals surface area contributed by atoms with E-state index in [1.165, 1.54) is 14.2 Å². The molecule has 320 valence electrons. The molecule has 5 heterocycles. The Morgan fingerprint density at radius 3 is 2.08 bits per heavy atom. The molecular formula is C46H53N7O8. The van der Waals surface area contributed by atoms with E-state index in [-0.39, 0.29) is 41.2 Å². The number of alkyl carbamates (subject to hydrolysis) is 2. The smallest absolute Gasteiger partial charge is 0.407 e. The lowest BCUT2D eigenvalue weighted by Gasteiger charge is -2.34. The van der Waals surface area contributed by atoms with Crippen LogP contribution < -0.4 is 16.1 Å². The number of carbonyl (C=O) groups is 4. The molecule has 4 unspecified atom stereocenters. The monoisotopic (exact) mass is 831 g/mol. The highest BCUT2D eigenvalue weighted by molar-refractivity contribution is 5.92. The normalized spacial score (nSPS) is 19.3. The average Bonchev–Trinajstić information content (AvgIpc) is 4.08. The third-order valence-electron chi connectivity index (χ3n) is 12.5. The summed E-state index contributed by atoms with van der Waals surface area (Å²) in [5.74, 6) is 0.167. The summed E-state index contributed by atoms with van der Waals surface area (Å²) in [5.41, 5.74) is 4.93. The lowest BCUT2D eigenvalue weighted by molar-refractivity contribution is -0.137. The Bertz CT molecular complexity index is 2510. The Morgan fingerprint density at radius 1 is 0.754 bits per heavy atom. The van der Waals surface area contributed by atoms with E-state index in [0.717, 1.165) is 52.4 Å². The number of aromatic nitrogens is 3. The third-order valence-corrected chi connectivity index (χ3v) is 12.5. The quantitative estimate of drug-likeness (QED) is 0.120. The van der Waals surface area contributed by atoms with Gasteiger partial charge in [-0.1, -0.05) is 44.2 Å². The molecule has 2 aromatic heterocycles. The molecule has 5 aromatic rings. The first-order chi connectivity index (χ1) is 29.5. The zero-order valence-electron chi connectivity index (χ0n) is 35.0. The topological polar surface area (TPSA) is 188 Å². The van der Waals surface area contributed by atoms with Gasteiger partial charge < -0.3 is 44.6 Å². The lowest BCUT2D eigenvalue weighted by atomic mass is 9.90. The predicted molar refractivity (Wildman–Crippen MR) is 230 cm³/mol. The minimum absolute atomic E-state index is 0.0823. The van der Waals surface area contributed by atoms with Gasteiger partial charge in [-0.25, -0.2) is 14.6 Å². The van der Waals surface area contributed by atoms with Crippen LogP contribution in [0.4, 0.5) is 9.59 Å². The van der Waals surface area contributed by atoms with E-state index in [9.17, 15) is 24.0 Å². The van der Waals surface area contributed by atoms with Crippen molar-refractivity contribution in [3.8, 4) is 22.4 Å². The Labute approximate surface area is 353 Å². The third kappa shape index (κ3) is 8.56. The zero-order valence-corrected chi connectivity index (χ0v) is 35.0. The summed E-state index contributed by atoms with van der Waals surface area (Å²) < 4.78 is 15.2. The van der Waals surface area contributed by atoms with Crippen LogP contribution in [0.25, 0.3) is 44.1 Å². The maximum absolute atomic E-state index is 14.1. The Morgan fingerprint density at radius 2 is 1.38 bits per heavy atom. The summed E-state index contributed by atoms with van der Waals surface area (Å²) in [6.45, 7) is 5.93. The summed E-state index contributed by atoms with van der Waals surface area (Å²) in [4.78, 5) is 80.9. The molecule has 15 heteroatoms.